The first kappa shape index (κ1) is 58.0. The van der Waals surface area contributed by atoms with Gasteiger partial charge in [0.1, 0.15) is 17.2 Å². The summed E-state index contributed by atoms with van der Waals surface area (Å²) in [5.74, 6) is 0.507. The SMILES string of the molecule is CC(C)(C)CC(C)(C)c1ccc(O)c(Sc2cc(C(C)(C)CC(C)(C)C)ccc2O)c1.CCCCCCCCCCCCCCCCOC(=O)c1cc(C(C)(C)C)c(O)c(C(C)(C)C)c1. The number of carbonyl (C=O) groups is 1. The van der Waals surface area contributed by atoms with E-state index in [4.69, 9.17) is 4.74 Å². The van der Waals surface area contributed by atoms with E-state index in [0.717, 1.165) is 46.6 Å². The van der Waals surface area contributed by atoms with Crippen molar-refractivity contribution in [3.63, 3.8) is 0 Å². The van der Waals surface area contributed by atoms with Crippen molar-refractivity contribution in [3.05, 3.63) is 76.3 Å². The van der Waals surface area contributed by atoms with E-state index in [-0.39, 0.29) is 50.0 Å². The molecule has 0 aromatic heterocycles. The van der Waals surface area contributed by atoms with Crippen LogP contribution in [0.25, 0.3) is 0 Å². The van der Waals surface area contributed by atoms with E-state index in [1.807, 2.05) is 12.1 Å². The number of ether oxygens (including phenoxy) is 1. The number of phenols is 3. The highest BCUT2D eigenvalue weighted by atomic mass is 32.2. The first-order chi connectivity index (χ1) is 29.9. The summed E-state index contributed by atoms with van der Waals surface area (Å²) in [5, 5.41) is 32.0. The summed E-state index contributed by atoms with van der Waals surface area (Å²) in [6, 6.07) is 15.4. The lowest BCUT2D eigenvalue weighted by Crippen LogP contribution is -2.24. The van der Waals surface area contributed by atoms with Crippen molar-refractivity contribution in [1.29, 1.82) is 0 Å². The van der Waals surface area contributed by atoms with Crippen LogP contribution in [0.4, 0.5) is 0 Å². The number of esters is 1. The predicted molar refractivity (Wildman–Crippen MR) is 281 cm³/mol. The van der Waals surface area contributed by atoms with E-state index < -0.39 is 0 Å². The Balaban J connectivity index is 0.000000448. The number of carbonyl (C=O) groups excluding carboxylic acids is 1. The van der Waals surface area contributed by atoms with E-state index in [0.29, 0.717) is 17.9 Å². The fourth-order valence-corrected chi connectivity index (χ4v) is 10.4. The van der Waals surface area contributed by atoms with Gasteiger partial charge in [-0.3, -0.25) is 0 Å². The normalized spacial score (nSPS) is 12.8. The monoisotopic (exact) mass is 917 g/mol. The highest BCUT2D eigenvalue weighted by Gasteiger charge is 2.31. The molecule has 0 aliphatic rings. The maximum atomic E-state index is 12.7. The molecule has 3 aromatic rings. The minimum Gasteiger partial charge on any atom is -0.507 e. The number of hydrogen-bond acceptors (Lipinski definition) is 6. The van der Waals surface area contributed by atoms with Gasteiger partial charge in [0.2, 0.25) is 0 Å². The maximum Gasteiger partial charge on any atom is 0.338 e. The van der Waals surface area contributed by atoms with Crippen LogP contribution in [0, 0.1) is 10.8 Å². The van der Waals surface area contributed by atoms with Gasteiger partial charge in [0.25, 0.3) is 0 Å². The van der Waals surface area contributed by atoms with Crippen molar-refractivity contribution in [2.24, 2.45) is 10.8 Å². The van der Waals surface area contributed by atoms with E-state index >= 15 is 0 Å². The zero-order chi connectivity index (χ0) is 49.4. The molecule has 0 saturated carbocycles. The lowest BCUT2D eigenvalue weighted by Gasteiger charge is -2.33. The van der Waals surface area contributed by atoms with Crippen LogP contribution in [-0.4, -0.2) is 27.9 Å². The zero-order valence-electron chi connectivity index (χ0n) is 44.7. The average Bonchev–Trinajstić information content (AvgIpc) is 3.15. The van der Waals surface area contributed by atoms with Crippen LogP contribution in [0.2, 0.25) is 0 Å². The van der Waals surface area contributed by atoms with Gasteiger partial charge >= 0.3 is 5.97 Å². The summed E-state index contributed by atoms with van der Waals surface area (Å²) >= 11 is 1.44. The van der Waals surface area contributed by atoms with Crippen molar-refractivity contribution < 1.29 is 24.9 Å². The Bertz CT molecular complexity index is 1780. The Hall–Kier alpha value is -3.12. The molecule has 6 heteroatoms. The quantitative estimate of drug-likeness (QED) is 0.0688. The van der Waals surface area contributed by atoms with Gasteiger partial charge in [-0.15, -0.1) is 0 Å². The topological polar surface area (TPSA) is 87.0 Å². The zero-order valence-corrected chi connectivity index (χ0v) is 45.5. The van der Waals surface area contributed by atoms with Crippen LogP contribution in [0.5, 0.6) is 17.2 Å². The third kappa shape index (κ3) is 21.2. The third-order valence-electron chi connectivity index (χ3n) is 12.3. The first-order valence-corrected chi connectivity index (χ1v) is 26.1. The Morgan fingerprint density at radius 2 is 0.831 bits per heavy atom. The molecule has 0 saturated heterocycles. The smallest absolute Gasteiger partial charge is 0.338 e. The van der Waals surface area contributed by atoms with E-state index in [1.165, 1.54) is 99.9 Å². The summed E-state index contributed by atoms with van der Waals surface area (Å²) in [5.41, 5.74) is 4.41. The van der Waals surface area contributed by atoms with Crippen LogP contribution in [0.3, 0.4) is 0 Å². The van der Waals surface area contributed by atoms with Crippen molar-refractivity contribution in [2.75, 3.05) is 6.61 Å². The second-order valence-electron chi connectivity index (χ2n) is 24.9. The molecule has 0 aliphatic heterocycles. The predicted octanol–water partition coefficient (Wildman–Crippen LogP) is 18.3. The van der Waals surface area contributed by atoms with Crippen molar-refractivity contribution >= 4 is 17.7 Å². The van der Waals surface area contributed by atoms with Gasteiger partial charge in [-0.2, -0.15) is 0 Å². The minimum atomic E-state index is -0.286. The van der Waals surface area contributed by atoms with Gasteiger partial charge in [-0.1, -0.05) is 225 Å². The van der Waals surface area contributed by atoms with Gasteiger partial charge in [0.05, 0.1) is 22.0 Å². The molecule has 3 aromatic carbocycles. The van der Waals surface area contributed by atoms with E-state index in [1.54, 1.807) is 24.3 Å². The second-order valence-corrected chi connectivity index (χ2v) is 25.9. The first-order valence-electron chi connectivity index (χ1n) is 25.3. The molecule has 0 heterocycles. The van der Waals surface area contributed by atoms with Crippen LogP contribution in [0.1, 0.15) is 253 Å². The molecule has 65 heavy (non-hydrogen) atoms. The molecule has 0 atom stereocenters. The number of phenolic OH excluding ortho intramolecular Hbond substituents is 3. The van der Waals surface area contributed by atoms with Crippen LogP contribution >= 0.6 is 11.8 Å². The van der Waals surface area contributed by atoms with E-state index in [2.05, 4.69) is 130 Å². The maximum absolute atomic E-state index is 12.7. The largest absolute Gasteiger partial charge is 0.507 e. The van der Waals surface area contributed by atoms with Gasteiger partial charge in [0.15, 0.2) is 0 Å². The van der Waals surface area contributed by atoms with E-state index in [9.17, 15) is 20.1 Å². The summed E-state index contributed by atoms with van der Waals surface area (Å²) in [6.07, 6.45) is 20.4. The molecule has 0 bridgehead atoms. The lowest BCUT2D eigenvalue weighted by molar-refractivity contribution is 0.0497. The van der Waals surface area contributed by atoms with Gasteiger partial charge in [0, 0.05) is 11.1 Å². The standard InChI is InChI=1S/C31H54O3.C28H42O2S/c1-8-9-10-11-12-13-14-15-16-17-18-19-20-21-22-34-29(33)25-23-26(30(2,3)4)28(32)27(24-25)31(5,6)7;1-25(2,3)17-27(7,8)19-11-13-21(29)23(15-19)31-24-16-20(12-14-22(24)30)28(9,10)18-26(4,5)6/h23-24,32H,8-22H2,1-7H3;11-16,29-30H,17-18H2,1-10H3. The van der Waals surface area contributed by atoms with Crippen molar-refractivity contribution in [3.8, 4) is 17.2 Å². The molecule has 368 valence electrons. The van der Waals surface area contributed by atoms with Crippen LogP contribution in [-0.2, 0) is 26.4 Å². The molecule has 0 amide bonds. The van der Waals surface area contributed by atoms with Crippen LogP contribution < -0.4 is 0 Å². The molecule has 0 aliphatic carbocycles. The third-order valence-corrected chi connectivity index (χ3v) is 13.4. The summed E-state index contributed by atoms with van der Waals surface area (Å²) in [6.45, 7) is 37.6. The summed E-state index contributed by atoms with van der Waals surface area (Å²) in [4.78, 5) is 14.3. The van der Waals surface area contributed by atoms with Crippen molar-refractivity contribution in [2.45, 2.75) is 252 Å². The molecular formula is C59H96O5S. The van der Waals surface area contributed by atoms with Crippen LogP contribution in [0.15, 0.2) is 58.3 Å². The fraction of sp³-hybridized carbons (Fsp3) is 0.678. The van der Waals surface area contributed by atoms with Crippen molar-refractivity contribution in [1.82, 2.24) is 0 Å². The summed E-state index contributed by atoms with van der Waals surface area (Å²) in [7, 11) is 0. The average molecular weight is 917 g/mol. The molecule has 0 unspecified atom stereocenters. The van der Waals surface area contributed by atoms with Gasteiger partial charge in [-0.05, 0) is 99.3 Å². The molecule has 3 rings (SSSR count). The minimum absolute atomic E-state index is 0.0140. The molecule has 0 spiro atoms. The molecular weight excluding hydrogens is 821 g/mol. The number of unbranched alkanes of at least 4 members (excludes halogenated alkanes) is 13. The second kappa shape index (κ2) is 25.3. The fourth-order valence-electron chi connectivity index (χ4n) is 9.45. The Labute approximate surface area is 403 Å². The Kier molecular flexibility index (Phi) is 22.6. The van der Waals surface area contributed by atoms with Gasteiger partial charge in [-0.25, -0.2) is 4.79 Å². The molecule has 0 fully saturated rings. The molecule has 0 radical (unpaired) electrons. The number of aromatic hydroxyl groups is 3. The highest BCUT2D eigenvalue weighted by Crippen LogP contribution is 2.46. The molecule has 5 nitrogen and oxygen atoms in total. The number of benzene rings is 3. The lowest BCUT2D eigenvalue weighted by atomic mass is 9.72. The Morgan fingerprint density at radius 3 is 1.15 bits per heavy atom. The number of rotatable bonds is 22. The molecule has 3 N–H and O–H groups in total. The van der Waals surface area contributed by atoms with Gasteiger partial charge < -0.3 is 20.1 Å². The highest BCUT2D eigenvalue weighted by molar-refractivity contribution is 7.99. The summed E-state index contributed by atoms with van der Waals surface area (Å²) < 4.78 is 5.59. The Morgan fingerprint density at radius 1 is 0.492 bits per heavy atom. The number of hydrogen-bond donors (Lipinski definition) is 3.